The van der Waals surface area contributed by atoms with E-state index in [1.165, 1.54) is 17.4 Å². The number of amides is 3. The fourth-order valence-electron chi connectivity index (χ4n) is 4.40. The Kier molecular flexibility index (Phi) is 9.53. The molecular weight excluding hydrogens is 568 g/mol. The van der Waals surface area contributed by atoms with Crippen LogP contribution in [0.4, 0.5) is 16.2 Å². The van der Waals surface area contributed by atoms with Gasteiger partial charge in [0.1, 0.15) is 21.8 Å². The van der Waals surface area contributed by atoms with Gasteiger partial charge in [-0.05, 0) is 60.8 Å². The number of fused-ring (bicyclic) bond motifs is 1. The molecular formula is C28H34N4O7S2. The summed E-state index contributed by atoms with van der Waals surface area (Å²) in [5, 5.41) is 17.0. The Labute approximate surface area is 243 Å². The average Bonchev–Trinajstić information content (AvgIpc) is 3.51. The van der Waals surface area contributed by atoms with Crippen LogP contribution in [0.3, 0.4) is 0 Å². The summed E-state index contributed by atoms with van der Waals surface area (Å²) in [6.45, 7) is 3.63. The summed E-state index contributed by atoms with van der Waals surface area (Å²) in [6, 6.07) is 13.7. The van der Waals surface area contributed by atoms with Crippen molar-refractivity contribution in [2.45, 2.75) is 30.2 Å². The van der Waals surface area contributed by atoms with Gasteiger partial charge in [0.15, 0.2) is 0 Å². The van der Waals surface area contributed by atoms with Crippen LogP contribution >= 0.6 is 11.3 Å². The summed E-state index contributed by atoms with van der Waals surface area (Å²) in [5.41, 5.74) is 1.09. The minimum absolute atomic E-state index is 0.0423. The van der Waals surface area contributed by atoms with Crippen molar-refractivity contribution in [3.63, 3.8) is 0 Å². The molecule has 0 saturated heterocycles. The molecule has 0 radical (unpaired) electrons. The van der Waals surface area contributed by atoms with E-state index >= 15 is 0 Å². The number of anilines is 2. The topological polar surface area (TPSA) is 138 Å². The molecule has 0 fully saturated rings. The van der Waals surface area contributed by atoms with E-state index in [0.29, 0.717) is 17.1 Å². The summed E-state index contributed by atoms with van der Waals surface area (Å²) in [6.07, 6.45) is -0.604. The van der Waals surface area contributed by atoms with Crippen LogP contribution in [0.1, 0.15) is 24.2 Å². The minimum atomic E-state index is -3.72. The van der Waals surface area contributed by atoms with Crippen molar-refractivity contribution in [2.75, 3.05) is 44.5 Å². The highest BCUT2D eigenvalue weighted by atomic mass is 32.2. The highest BCUT2D eigenvalue weighted by Crippen LogP contribution is 2.31. The fourth-order valence-corrected chi connectivity index (χ4v) is 6.79. The van der Waals surface area contributed by atoms with Gasteiger partial charge in [0, 0.05) is 30.9 Å². The van der Waals surface area contributed by atoms with E-state index in [2.05, 4.69) is 10.6 Å². The summed E-state index contributed by atoms with van der Waals surface area (Å²) in [7, 11) is -0.671. The first-order chi connectivity index (χ1) is 19.5. The molecule has 13 heteroatoms. The predicted octanol–water partition coefficient (Wildman–Crippen LogP) is 3.94. The maximum absolute atomic E-state index is 13.7. The molecule has 3 atom stereocenters. The lowest BCUT2D eigenvalue weighted by atomic mass is 9.99. The molecule has 2 heterocycles. The van der Waals surface area contributed by atoms with E-state index in [0.717, 1.165) is 11.3 Å². The van der Waals surface area contributed by atoms with Crippen LogP contribution in [-0.2, 0) is 10.0 Å². The Balaban J connectivity index is 1.59. The molecule has 0 saturated carbocycles. The van der Waals surface area contributed by atoms with E-state index in [-0.39, 0.29) is 47.0 Å². The van der Waals surface area contributed by atoms with E-state index in [4.69, 9.17) is 9.47 Å². The first kappa shape index (κ1) is 30.3. The number of methoxy groups -OCH3 is 1. The third-order valence-corrected chi connectivity index (χ3v) is 10.1. The number of urea groups is 1. The summed E-state index contributed by atoms with van der Waals surface area (Å²) in [5.74, 6) is 0.270. The van der Waals surface area contributed by atoms with Crippen molar-refractivity contribution in [3.8, 4) is 11.5 Å². The number of carbonyl (C=O) groups is 2. The molecule has 3 aromatic rings. The van der Waals surface area contributed by atoms with E-state index < -0.39 is 28.2 Å². The number of aliphatic hydroxyl groups is 1. The number of likely N-dealkylation sites (N-methyl/N-ethyl adjacent to an activating group) is 1. The number of nitrogens with one attached hydrogen (secondary N) is 2. The van der Waals surface area contributed by atoms with Crippen LogP contribution in [0, 0.1) is 5.92 Å². The molecule has 0 spiro atoms. The minimum Gasteiger partial charge on any atom is -0.497 e. The molecule has 0 aliphatic carbocycles. The van der Waals surface area contributed by atoms with Crippen molar-refractivity contribution in [1.82, 2.24) is 9.21 Å². The zero-order valence-electron chi connectivity index (χ0n) is 23.2. The highest BCUT2D eigenvalue weighted by molar-refractivity contribution is 7.91. The van der Waals surface area contributed by atoms with Gasteiger partial charge < -0.3 is 30.1 Å². The van der Waals surface area contributed by atoms with Crippen molar-refractivity contribution in [3.05, 3.63) is 65.5 Å². The predicted molar refractivity (Wildman–Crippen MR) is 157 cm³/mol. The van der Waals surface area contributed by atoms with Crippen molar-refractivity contribution < 1.29 is 32.6 Å². The second-order valence-electron chi connectivity index (χ2n) is 9.86. The molecule has 220 valence electrons. The maximum Gasteiger partial charge on any atom is 0.323 e. The molecule has 1 aliphatic heterocycles. The molecule has 1 aromatic heterocycles. The molecule has 2 aromatic carbocycles. The Morgan fingerprint density at radius 1 is 1.20 bits per heavy atom. The molecule has 11 nitrogen and oxygen atoms in total. The Hall–Kier alpha value is -3.65. The van der Waals surface area contributed by atoms with Crippen LogP contribution in [0.25, 0.3) is 0 Å². The first-order valence-electron chi connectivity index (χ1n) is 13.0. The summed E-state index contributed by atoms with van der Waals surface area (Å²) >= 11 is 1.14. The zero-order valence-corrected chi connectivity index (χ0v) is 24.9. The number of sulfonamides is 1. The highest BCUT2D eigenvalue weighted by Gasteiger charge is 2.35. The van der Waals surface area contributed by atoms with Gasteiger partial charge in [0.05, 0.1) is 31.9 Å². The van der Waals surface area contributed by atoms with Gasteiger partial charge in [0.25, 0.3) is 15.9 Å². The fraction of sp³-hybridized carbons (Fsp3) is 0.357. The van der Waals surface area contributed by atoms with E-state index in [1.54, 1.807) is 72.8 Å². The molecule has 3 N–H and O–H groups in total. The second-order valence-corrected chi connectivity index (χ2v) is 13.1. The lowest BCUT2D eigenvalue weighted by Gasteiger charge is -2.38. The summed E-state index contributed by atoms with van der Waals surface area (Å²) < 4.78 is 39.1. The number of thiophene rings is 1. The third-order valence-electron chi connectivity index (χ3n) is 6.87. The standard InChI is InChI=1S/C28H34N4O7S2/c1-18-15-32(19(2)17-33)27(34)23-14-21(30-28(35)29-20-7-10-22(38-4)11-8-20)9-12-24(23)39-25(18)16-31(3)41(36,37)26-6-5-13-40-26/h5-14,18-19,25,33H,15-17H2,1-4H3,(H2,29,30,35)/t18-,19-,25-/m0/s1. The smallest absolute Gasteiger partial charge is 0.323 e. The van der Waals surface area contributed by atoms with E-state index in [1.807, 2.05) is 6.92 Å². The van der Waals surface area contributed by atoms with Crippen LogP contribution in [-0.4, -0.2) is 80.7 Å². The van der Waals surface area contributed by atoms with Crippen molar-refractivity contribution in [2.24, 2.45) is 5.92 Å². The number of hydrogen-bond acceptors (Lipinski definition) is 8. The first-order valence-corrected chi connectivity index (χ1v) is 15.3. The molecule has 3 amide bonds. The summed E-state index contributed by atoms with van der Waals surface area (Å²) in [4.78, 5) is 27.9. The third kappa shape index (κ3) is 6.99. The number of benzene rings is 2. The lowest BCUT2D eigenvalue weighted by Crippen LogP contribution is -2.50. The molecule has 0 bridgehead atoms. The Morgan fingerprint density at radius 2 is 1.88 bits per heavy atom. The second kappa shape index (κ2) is 12.9. The van der Waals surface area contributed by atoms with Gasteiger partial charge in [-0.25, -0.2) is 13.2 Å². The van der Waals surface area contributed by atoms with Gasteiger partial charge in [0.2, 0.25) is 0 Å². The molecule has 1 aliphatic rings. The largest absolute Gasteiger partial charge is 0.497 e. The number of nitrogens with zero attached hydrogens (tertiary/aromatic N) is 2. The Bertz CT molecular complexity index is 1460. The normalized spacial score (nSPS) is 18.1. The molecule has 0 unspecified atom stereocenters. The lowest BCUT2D eigenvalue weighted by molar-refractivity contribution is 0.0387. The van der Waals surface area contributed by atoms with Crippen molar-refractivity contribution >= 4 is 44.7 Å². The number of hydrogen-bond donors (Lipinski definition) is 3. The van der Waals surface area contributed by atoms with Crippen LogP contribution in [0.15, 0.2) is 64.2 Å². The molecule has 4 rings (SSSR count). The number of rotatable bonds is 9. The number of ether oxygens (including phenoxy) is 2. The van der Waals surface area contributed by atoms with Gasteiger partial charge in [-0.2, -0.15) is 4.31 Å². The van der Waals surface area contributed by atoms with Gasteiger partial charge >= 0.3 is 6.03 Å². The van der Waals surface area contributed by atoms with Crippen LogP contribution in [0.5, 0.6) is 11.5 Å². The van der Waals surface area contributed by atoms with Gasteiger partial charge in [-0.15, -0.1) is 11.3 Å². The number of aliphatic hydroxyl groups excluding tert-OH is 1. The van der Waals surface area contributed by atoms with Crippen LogP contribution < -0.4 is 20.1 Å². The SMILES string of the molecule is COc1ccc(NC(=O)Nc2ccc3c(c2)C(=O)N([C@@H](C)CO)C[C@H](C)[C@H](CN(C)S(=O)(=O)c2cccs2)O3)cc1. The van der Waals surface area contributed by atoms with Gasteiger partial charge in [-0.3, -0.25) is 4.79 Å². The number of carbonyl (C=O) groups excluding carboxylic acids is 2. The Morgan fingerprint density at radius 3 is 2.51 bits per heavy atom. The average molecular weight is 603 g/mol. The van der Waals surface area contributed by atoms with Crippen LogP contribution in [0.2, 0.25) is 0 Å². The zero-order chi connectivity index (χ0) is 29.7. The monoisotopic (exact) mass is 602 g/mol. The maximum atomic E-state index is 13.7. The van der Waals surface area contributed by atoms with Gasteiger partial charge in [-0.1, -0.05) is 13.0 Å². The quantitative estimate of drug-likeness (QED) is 0.337. The van der Waals surface area contributed by atoms with E-state index in [9.17, 15) is 23.1 Å². The van der Waals surface area contributed by atoms with Crippen molar-refractivity contribution in [1.29, 1.82) is 0 Å². The molecule has 41 heavy (non-hydrogen) atoms.